The van der Waals surface area contributed by atoms with Gasteiger partial charge in [-0.2, -0.15) is 0 Å². The summed E-state index contributed by atoms with van der Waals surface area (Å²) in [6.45, 7) is 2.19. The first-order valence-electron chi connectivity index (χ1n) is 4.22. The average molecular weight is 247 g/mol. The number of halogens is 2. The summed E-state index contributed by atoms with van der Waals surface area (Å²) in [7, 11) is 0. The SMILES string of the molecule is CCOc1ccc(C(=O)Cl)cc1C(=O)Cl. The maximum atomic E-state index is 11.0. The van der Waals surface area contributed by atoms with Gasteiger partial charge in [0.25, 0.3) is 10.5 Å². The van der Waals surface area contributed by atoms with Gasteiger partial charge in [0.1, 0.15) is 5.75 Å². The predicted octanol–water partition coefficient (Wildman–Crippen LogP) is 2.84. The van der Waals surface area contributed by atoms with Gasteiger partial charge in [-0.15, -0.1) is 0 Å². The largest absolute Gasteiger partial charge is 0.493 e. The van der Waals surface area contributed by atoms with Gasteiger partial charge in [0.05, 0.1) is 12.2 Å². The van der Waals surface area contributed by atoms with Crippen molar-refractivity contribution in [3.05, 3.63) is 29.3 Å². The van der Waals surface area contributed by atoms with Crippen molar-refractivity contribution in [3.8, 4) is 5.75 Å². The number of benzene rings is 1. The number of carbonyl (C=O) groups excluding carboxylic acids is 2. The molecule has 0 radical (unpaired) electrons. The molecule has 0 amide bonds. The van der Waals surface area contributed by atoms with Crippen molar-refractivity contribution in [1.82, 2.24) is 0 Å². The van der Waals surface area contributed by atoms with Crippen LogP contribution in [0, 0.1) is 0 Å². The Bertz CT molecular complexity index is 402. The highest BCUT2D eigenvalue weighted by atomic mass is 35.5. The minimum absolute atomic E-state index is 0.144. The zero-order valence-corrected chi connectivity index (χ0v) is 9.43. The molecule has 1 aromatic carbocycles. The molecule has 1 aromatic rings. The predicted molar refractivity (Wildman–Crippen MR) is 58.0 cm³/mol. The van der Waals surface area contributed by atoms with Gasteiger partial charge < -0.3 is 4.74 Å². The van der Waals surface area contributed by atoms with E-state index < -0.39 is 10.5 Å². The third kappa shape index (κ3) is 2.94. The first-order chi connectivity index (χ1) is 7.06. The molecule has 0 aliphatic rings. The number of ether oxygens (including phenoxy) is 1. The third-order valence-corrected chi connectivity index (χ3v) is 2.14. The van der Waals surface area contributed by atoms with Crippen LogP contribution in [-0.4, -0.2) is 17.1 Å². The number of carbonyl (C=O) groups is 2. The Kier molecular flexibility index (Phi) is 4.12. The highest BCUT2D eigenvalue weighted by molar-refractivity contribution is 6.69. The van der Waals surface area contributed by atoms with Crippen LogP contribution in [-0.2, 0) is 0 Å². The lowest BCUT2D eigenvalue weighted by atomic mass is 10.1. The van der Waals surface area contributed by atoms with E-state index in [1.165, 1.54) is 18.2 Å². The molecule has 0 atom stereocenters. The van der Waals surface area contributed by atoms with Crippen molar-refractivity contribution in [3.63, 3.8) is 0 Å². The number of hydrogen-bond acceptors (Lipinski definition) is 3. The van der Waals surface area contributed by atoms with Crippen LogP contribution < -0.4 is 4.74 Å². The van der Waals surface area contributed by atoms with Gasteiger partial charge in [-0.25, -0.2) is 0 Å². The van der Waals surface area contributed by atoms with Gasteiger partial charge in [0.15, 0.2) is 0 Å². The standard InChI is InChI=1S/C10H8Cl2O3/c1-2-15-8-4-3-6(9(11)13)5-7(8)10(12)14/h3-5H,2H2,1H3. The van der Waals surface area contributed by atoms with Gasteiger partial charge in [-0.05, 0) is 48.3 Å². The first-order valence-corrected chi connectivity index (χ1v) is 4.98. The number of rotatable bonds is 4. The fraction of sp³-hybridized carbons (Fsp3) is 0.200. The molecule has 0 saturated carbocycles. The van der Waals surface area contributed by atoms with Crippen molar-refractivity contribution in [2.24, 2.45) is 0 Å². The van der Waals surface area contributed by atoms with E-state index >= 15 is 0 Å². The zero-order valence-electron chi connectivity index (χ0n) is 7.92. The van der Waals surface area contributed by atoms with E-state index in [0.29, 0.717) is 12.4 Å². The van der Waals surface area contributed by atoms with Crippen LogP contribution >= 0.6 is 23.2 Å². The third-order valence-electron chi connectivity index (χ3n) is 1.72. The Hall–Kier alpha value is -1.06. The molecule has 5 heteroatoms. The molecular formula is C10H8Cl2O3. The van der Waals surface area contributed by atoms with Crippen LogP contribution in [0.5, 0.6) is 5.75 Å². The van der Waals surface area contributed by atoms with Crippen molar-refractivity contribution in [1.29, 1.82) is 0 Å². The molecule has 0 heterocycles. The van der Waals surface area contributed by atoms with Gasteiger partial charge in [-0.1, -0.05) is 0 Å². The van der Waals surface area contributed by atoms with Crippen LogP contribution in [0.2, 0.25) is 0 Å². The van der Waals surface area contributed by atoms with E-state index in [2.05, 4.69) is 0 Å². The monoisotopic (exact) mass is 246 g/mol. The molecule has 0 unspecified atom stereocenters. The minimum Gasteiger partial charge on any atom is -0.493 e. The summed E-state index contributed by atoms with van der Waals surface area (Å²) < 4.78 is 5.17. The Morgan fingerprint density at radius 1 is 1.27 bits per heavy atom. The fourth-order valence-electron chi connectivity index (χ4n) is 1.09. The van der Waals surface area contributed by atoms with Crippen molar-refractivity contribution in [2.45, 2.75) is 6.92 Å². The molecule has 1 rings (SSSR count). The summed E-state index contributed by atoms with van der Waals surface area (Å²) in [6.07, 6.45) is 0. The maximum Gasteiger partial charge on any atom is 0.256 e. The molecule has 15 heavy (non-hydrogen) atoms. The normalized spacial score (nSPS) is 9.80. The zero-order chi connectivity index (χ0) is 11.4. The average Bonchev–Trinajstić information content (AvgIpc) is 2.18. The fourth-order valence-corrected chi connectivity index (χ4v) is 1.35. The minimum atomic E-state index is -0.682. The van der Waals surface area contributed by atoms with Gasteiger partial charge in [0.2, 0.25) is 0 Å². The van der Waals surface area contributed by atoms with Crippen LogP contribution in [0.4, 0.5) is 0 Å². The summed E-state index contributed by atoms with van der Waals surface area (Å²) in [5, 5.41) is -1.32. The van der Waals surface area contributed by atoms with Gasteiger partial charge in [0, 0.05) is 5.56 Å². The van der Waals surface area contributed by atoms with Gasteiger partial charge in [-0.3, -0.25) is 9.59 Å². The van der Waals surface area contributed by atoms with E-state index in [1.54, 1.807) is 6.92 Å². The Labute approximate surface area is 96.9 Å². The van der Waals surface area contributed by atoms with Crippen LogP contribution in [0.25, 0.3) is 0 Å². The summed E-state index contributed by atoms with van der Waals surface area (Å²) in [5.74, 6) is 0.346. The lowest BCUT2D eigenvalue weighted by molar-refractivity contribution is 0.107. The van der Waals surface area contributed by atoms with Crippen molar-refractivity contribution in [2.75, 3.05) is 6.61 Å². The van der Waals surface area contributed by atoms with Crippen LogP contribution in [0.1, 0.15) is 27.6 Å². The van der Waals surface area contributed by atoms with E-state index in [0.717, 1.165) is 0 Å². The van der Waals surface area contributed by atoms with E-state index in [4.69, 9.17) is 27.9 Å². The van der Waals surface area contributed by atoms with E-state index in [9.17, 15) is 9.59 Å². The highest BCUT2D eigenvalue weighted by Gasteiger charge is 2.13. The maximum absolute atomic E-state index is 11.0. The second kappa shape index (κ2) is 5.14. The second-order valence-electron chi connectivity index (χ2n) is 2.69. The molecule has 0 fully saturated rings. The molecule has 0 aliphatic carbocycles. The smallest absolute Gasteiger partial charge is 0.256 e. The summed E-state index contributed by atoms with van der Waals surface area (Å²) in [4.78, 5) is 21.9. The topological polar surface area (TPSA) is 43.4 Å². The quantitative estimate of drug-likeness (QED) is 0.768. The Balaban J connectivity index is 3.20. The van der Waals surface area contributed by atoms with Crippen molar-refractivity contribution >= 4 is 33.7 Å². The van der Waals surface area contributed by atoms with Crippen LogP contribution in [0.3, 0.4) is 0 Å². The summed E-state index contributed by atoms with van der Waals surface area (Å²) >= 11 is 10.6. The molecule has 0 aliphatic heterocycles. The summed E-state index contributed by atoms with van der Waals surface area (Å²) in [6, 6.07) is 4.29. The number of hydrogen-bond donors (Lipinski definition) is 0. The molecule has 0 aromatic heterocycles. The molecule has 0 bridgehead atoms. The molecule has 0 spiro atoms. The van der Waals surface area contributed by atoms with E-state index in [1.807, 2.05) is 0 Å². The second-order valence-corrected chi connectivity index (χ2v) is 3.38. The molecule has 0 saturated heterocycles. The lowest BCUT2D eigenvalue weighted by Crippen LogP contribution is -2.01. The Morgan fingerprint density at radius 2 is 1.93 bits per heavy atom. The molecule has 80 valence electrons. The molecular weight excluding hydrogens is 239 g/mol. The lowest BCUT2D eigenvalue weighted by Gasteiger charge is -2.07. The van der Waals surface area contributed by atoms with Crippen LogP contribution in [0.15, 0.2) is 18.2 Å². The van der Waals surface area contributed by atoms with Gasteiger partial charge >= 0.3 is 0 Å². The van der Waals surface area contributed by atoms with E-state index in [-0.39, 0.29) is 11.1 Å². The van der Waals surface area contributed by atoms with Crippen molar-refractivity contribution < 1.29 is 14.3 Å². The first kappa shape index (κ1) is 12.0. The molecule has 3 nitrogen and oxygen atoms in total. The highest BCUT2D eigenvalue weighted by Crippen LogP contribution is 2.22. The molecule has 0 N–H and O–H groups in total. The summed E-state index contributed by atoms with van der Waals surface area (Å²) in [5.41, 5.74) is 0.356. The Morgan fingerprint density at radius 3 is 2.40 bits per heavy atom.